The first-order valence-corrected chi connectivity index (χ1v) is 12.9. The van der Waals surface area contributed by atoms with Crippen LogP contribution in [-0.2, 0) is 12.3 Å². The Balaban J connectivity index is 1.56. The fraction of sp³-hybridized carbons (Fsp3) is 0.160. The van der Waals surface area contributed by atoms with Gasteiger partial charge >= 0.3 is 6.03 Å². The molecule has 4 rings (SSSR count). The molecule has 0 aliphatic rings. The Morgan fingerprint density at radius 3 is 2.58 bits per heavy atom. The molecule has 0 saturated heterocycles. The van der Waals surface area contributed by atoms with Crippen LogP contribution < -0.4 is 15.4 Å². The second-order valence-corrected chi connectivity index (χ2v) is 9.96. The maximum atomic E-state index is 12.6. The topological polar surface area (TPSA) is 81.1 Å². The molecule has 7 nitrogen and oxygen atoms in total. The van der Waals surface area contributed by atoms with Gasteiger partial charge in [0.05, 0.1) is 30.1 Å². The van der Waals surface area contributed by atoms with Crippen molar-refractivity contribution in [2.24, 2.45) is 0 Å². The number of rotatable bonds is 8. The molecule has 2 amide bonds. The first-order valence-electron chi connectivity index (χ1n) is 10.8. The number of nitrogens with one attached hydrogen (secondary N) is 2. The van der Waals surface area contributed by atoms with Crippen LogP contribution in [0.2, 0.25) is 15.1 Å². The quantitative estimate of drug-likeness (QED) is 0.223. The van der Waals surface area contributed by atoms with E-state index in [1.54, 1.807) is 25.3 Å². The fourth-order valence-corrected chi connectivity index (χ4v) is 4.93. The molecule has 1 heterocycles. The minimum atomic E-state index is -0.442. The van der Waals surface area contributed by atoms with E-state index in [1.807, 2.05) is 54.0 Å². The van der Waals surface area contributed by atoms with Crippen LogP contribution in [0, 0.1) is 6.92 Å². The Bertz CT molecular complexity index is 1400. The highest BCUT2D eigenvalue weighted by Gasteiger charge is 2.18. The molecule has 0 atom stereocenters. The van der Waals surface area contributed by atoms with Crippen molar-refractivity contribution in [3.05, 3.63) is 92.7 Å². The standard InChI is InChI=1S/C25H22Cl3N5O2S/c1-15-6-7-18(27)12-22(15)33-23(13-29-24(34)30-21-9-8-17(26)11-20(21)28)31-32-25(33)36-14-16-4-3-5-19(10-16)35-2/h3-12H,13-14H2,1-2H3,(H2,29,30,34). The Morgan fingerprint density at radius 1 is 1.03 bits per heavy atom. The van der Waals surface area contributed by atoms with E-state index in [4.69, 9.17) is 39.5 Å². The van der Waals surface area contributed by atoms with Gasteiger partial charge in [-0.2, -0.15) is 0 Å². The monoisotopic (exact) mass is 561 g/mol. The highest BCUT2D eigenvalue weighted by molar-refractivity contribution is 7.98. The van der Waals surface area contributed by atoms with Gasteiger partial charge in [0.1, 0.15) is 5.75 Å². The number of urea groups is 1. The van der Waals surface area contributed by atoms with Crippen molar-refractivity contribution in [2.45, 2.75) is 24.4 Å². The number of aromatic nitrogens is 3. The molecule has 11 heteroatoms. The first-order chi connectivity index (χ1) is 17.3. The van der Waals surface area contributed by atoms with E-state index in [-0.39, 0.29) is 6.54 Å². The molecule has 0 aliphatic heterocycles. The molecule has 4 aromatic rings. The van der Waals surface area contributed by atoms with Gasteiger partial charge in [0, 0.05) is 15.8 Å². The number of hydrogen-bond donors (Lipinski definition) is 2. The lowest BCUT2D eigenvalue weighted by atomic mass is 10.2. The summed E-state index contributed by atoms with van der Waals surface area (Å²) in [6, 6.07) is 17.9. The van der Waals surface area contributed by atoms with Crippen LogP contribution in [0.5, 0.6) is 5.75 Å². The molecule has 186 valence electrons. The van der Waals surface area contributed by atoms with Crippen LogP contribution in [0.4, 0.5) is 10.5 Å². The van der Waals surface area contributed by atoms with Crippen molar-refractivity contribution in [3.8, 4) is 11.4 Å². The largest absolute Gasteiger partial charge is 0.497 e. The minimum absolute atomic E-state index is 0.121. The third kappa shape index (κ3) is 6.44. The minimum Gasteiger partial charge on any atom is -0.497 e. The molecule has 0 saturated carbocycles. The summed E-state index contributed by atoms with van der Waals surface area (Å²) in [5.41, 5.74) is 3.34. The summed E-state index contributed by atoms with van der Waals surface area (Å²) in [7, 11) is 1.64. The van der Waals surface area contributed by atoms with Crippen LogP contribution in [0.1, 0.15) is 17.0 Å². The summed E-state index contributed by atoms with van der Waals surface area (Å²) in [5.74, 6) is 1.99. The molecular formula is C25H22Cl3N5O2S. The Morgan fingerprint density at radius 2 is 1.81 bits per heavy atom. The Hall–Kier alpha value is -2.91. The van der Waals surface area contributed by atoms with E-state index in [2.05, 4.69) is 20.8 Å². The van der Waals surface area contributed by atoms with E-state index in [0.29, 0.717) is 37.5 Å². The molecule has 0 unspecified atom stereocenters. The lowest BCUT2D eigenvalue weighted by molar-refractivity contribution is 0.251. The van der Waals surface area contributed by atoms with Crippen LogP contribution in [-0.4, -0.2) is 27.9 Å². The van der Waals surface area contributed by atoms with Gasteiger partial charge < -0.3 is 15.4 Å². The van der Waals surface area contributed by atoms with Crippen molar-refractivity contribution in [1.82, 2.24) is 20.1 Å². The van der Waals surface area contributed by atoms with E-state index >= 15 is 0 Å². The number of methoxy groups -OCH3 is 1. The van der Waals surface area contributed by atoms with Crippen molar-refractivity contribution in [2.75, 3.05) is 12.4 Å². The predicted octanol–water partition coefficient (Wildman–Crippen LogP) is 7.16. The molecular weight excluding hydrogens is 541 g/mol. The van der Waals surface area contributed by atoms with Gasteiger partial charge in [0.2, 0.25) is 0 Å². The summed E-state index contributed by atoms with van der Waals surface area (Å²) in [6.07, 6.45) is 0. The zero-order chi connectivity index (χ0) is 25.7. The summed E-state index contributed by atoms with van der Waals surface area (Å²) < 4.78 is 7.23. The van der Waals surface area contributed by atoms with Crippen molar-refractivity contribution in [1.29, 1.82) is 0 Å². The zero-order valence-corrected chi connectivity index (χ0v) is 22.5. The molecule has 1 aromatic heterocycles. The fourth-order valence-electron chi connectivity index (χ4n) is 3.40. The lowest BCUT2D eigenvalue weighted by Crippen LogP contribution is -2.29. The SMILES string of the molecule is COc1cccc(CSc2nnc(CNC(=O)Nc3ccc(Cl)cc3Cl)n2-c2cc(Cl)ccc2C)c1. The van der Waals surface area contributed by atoms with Crippen LogP contribution in [0.3, 0.4) is 0 Å². The van der Waals surface area contributed by atoms with Crippen molar-refractivity contribution < 1.29 is 9.53 Å². The molecule has 3 aromatic carbocycles. The average Bonchev–Trinajstić information content (AvgIpc) is 3.27. The third-order valence-electron chi connectivity index (χ3n) is 5.20. The smallest absolute Gasteiger partial charge is 0.319 e. The number of carbonyl (C=O) groups excluding carboxylic acids is 1. The van der Waals surface area contributed by atoms with E-state index in [1.165, 1.54) is 11.8 Å². The summed E-state index contributed by atoms with van der Waals surface area (Å²) in [5, 5.41) is 16.4. The number of anilines is 1. The maximum Gasteiger partial charge on any atom is 0.319 e. The molecule has 0 fully saturated rings. The number of carbonyl (C=O) groups is 1. The normalized spacial score (nSPS) is 10.8. The van der Waals surface area contributed by atoms with Crippen molar-refractivity contribution in [3.63, 3.8) is 0 Å². The number of hydrogen-bond acceptors (Lipinski definition) is 5. The first kappa shape index (κ1) is 26.2. The molecule has 2 N–H and O–H groups in total. The number of nitrogens with zero attached hydrogens (tertiary/aromatic N) is 3. The van der Waals surface area contributed by atoms with Crippen LogP contribution in [0.15, 0.2) is 65.8 Å². The van der Waals surface area contributed by atoms with Crippen molar-refractivity contribution >= 4 is 58.3 Å². The highest BCUT2D eigenvalue weighted by Crippen LogP contribution is 2.29. The number of amides is 2. The highest BCUT2D eigenvalue weighted by atomic mass is 35.5. The number of thioether (sulfide) groups is 1. The third-order valence-corrected chi connectivity index (χ3v) is 6.98. The Kier molecular flexibility index (Phi) is 8.64. The Labute approximate surface area is 228 Å². The van der Waals surface area contributed by atoms with Gasteiger partial charge in [0.15, 0.2) is 11.0 Å². The van der Waals surface area contributed by atoms with Gasteiger partial charge in [-0.15, -0.1) is 10.2 Å². The molecule has 0 aliphatic carbocycles. The van der Waals surface area contributed by atoms with E-state index in [0.717, 1.165) is 22.6 Å². The molecule has 36 heavy (non-hydrogen) atoms. The van der Waals surface area contributed by atoms with Crippen LogP contribution in [0.25, 0.3) is 5.69 Å². The second kappa shape index (κ2) is 11.9. The van der Waals surface area contributed by atoms with Gasteiger partial charge in [-0.1, -0.05) is 64.8 Å². The van der Waals surface area contributed by atoms with Crippen LogP contribution >= 0.6 is 46.6 Å². The maximum absolute atomic E-state index is 12.6. The average molecular weight is 563 g/mol. The molecule has 0 spiro atoms. The van der Waals surface area contributed by atoms with Gasteiger partial charge in [-0.25, -0.2) is 4.79 Å². The number of halogens is 3. The summed E-state index contributed by atoms with van der Waals surface area (Å²) in [4.78, 5) is 12.6. The predicted molar refractivity (Wildman–Crippen MR) is 146 cm³/mol. The van der Waals surface area contributed by atoms with Gasteiger partial charge in [-0.05, 0) is 60.5 Å². The van der Waals surface area contributed by atoms with Gasteiger partial charge in [0.25, 0.3) is 0 Å². The number of benzene rings is 3. The number of aryl methyl sites for hydroxylation is 1. The van der Waals surface area contributed by atoms with Gasteiger partial charge in [-0.3, -0.25) is 4.57 Å². The zero-order valence-electron chi connectivity index (χ0n) is 19.4. The van der Waals surface area contributed by atoms with E-state index < -0.39 is 6.03 Å². The summed E-state index contributed by atoms with van der Waals surface area (Å²) in [6.45, 7) is 2.10. The molecule has 0 bridgehead atoms. The van der Waals surface area contributed by atoms with E-state index in [9.17, 15) is 4.79 Å². The summed E-state index contributed by atoms with van der Waals surface area (Å²) >= 11 is 19.9. The lowest BCUT2D eigenvalue weighted by Gasteiger charge is -2.14. The molecule has 0 radical (unpaired) electrons. The number of ether oxygens (including phenoxy) is 1. The second-order valence-electron chi connectivity index (χ2n) is 7.74.